The van der Waals surface area contributed by atoms with Gasteiger partial charge in [0, 0.05) is 11.9 Å². The Morgan fingerprint density at radius 3 is 2.50 bits per heavy atom. The van der Waals surface area contributed by atoms with Crippen LogP contribution >= 0.6 is 0 Å². The van der Waals surface area contributed by atoms with E-state index in [9.17, 15) is 22.8 Å². The van der Waals surface area contributed by atoms with E-state index in [1.54, 1.807) is 4.90 Å². The van der Waals surface area contributed by atoms with Gasteiger partial charge in [0.25, 0.3) is 5.91 Å². The molecule has 162 valence electrons. The third kappa shape index (κ3) is 5.59. The number of hydrogen-bond donors (Lipinski definition) is 2. The van der Waals surface area contributed by atoms with E-state index in [1.807, 2.05) is 31.2 Å². The number of hydrogen-bond acceptors (Lipinski definition) is 3. The number of carbonyl (C=O) groups is 2. The fourth-order valence-corrected chi connectivity index (χ4v) is 3.46. The molecular formula is C20H25F3N5O2+. The van der Waals surface area contributed by atoms with Crippen LogP contribution in [0.1, 0.15) is 18.2 Å². The molecule has 0 aliphatic carbocycles. The summed E-state index contributed by atoms with van der Waals surface area (Å²) in [5.74, 6) is -0.367. The molecule has 0 radical (unpaired) electrons. The maximum absolute atomic E-state index is 12.6. The van der Waals surface area contributed by atoms with Crippen molar-refractivity contribution in [3.8, 4) is 0 Å². The van der Waals surface area contributed by atoms with E-state index in [0.717, 1.165) is 39.5 Å². The Labute approximate surface area is 172 Å². The summed E-state index contributed by atoms with van der Waals surface area (Å²) in [4.78, 5) is 27.4. The third-order valence-corrected chi connectivity index (χ3v) is 5.13. The molecule has 10 heteroatoms. The van der Waals surface area contributed by atoms with Gasteiger partial charge in [-0.1, -0.05) is 25.1 Å². The number of anilines is 1. The molecule has 2 heterocycles. The second-order valence-electron chi connectivity index (χ2n) is 7.26. The lowest BCUT2D eigenvalue weighted by atomic mass is 10.1. The molecular weight excluding hydrogens is 399 g/mol. The first-order valence-electron chi connectivity index (χ1n) is 9.86. The van der Waals surface area contributed by atoms with E-state index < -0.39 is 11.9 Å². The molecule has 1 aromatic heterocycles. The number of piperazine rings is 1. The van der Waals surface area contributed by atoms with Crippen molar-refractivity contribution in [1.29, 1.82) is 0 Å². The van der Waals surface area contributed by atoms with Crippen molar-refractivity contribution in [3.63, 3.8) is 0 Å². The summed E-state index contributed by atoms with van der Waals surface area (Å²) in [6.07, 6.45) is -2.55. The Morgan fingerprint density at radius 2 is 1.87 bits per heavy atom. The van der Waals surface area contributed by atoms with Gasteiger partial charge in [0.05, 0.1) is 26.2 Å². The molecule has 1 aliphatic heterocycles. The minimum Gasteiger partial charge on any atom is -0.330 e. The number of carbonyl (C=O) groups excluding carboxylic acids is 2. The maximum Gasteiger partial charge on any atom is 0.435 e. The van der Waals surface area contributed by atoms with Crippen LogP contribution in [-0.4, -0.2) is 59.2 Å². The van der Waals surface area contributed by atoms with E-state index in [0.29, 0.717) is 32.7 Å². The lowest BCUT2D eigenvalue weighted by Crippen LogP contribution is -3.15. The van der Waals surface area contributed by atoms with Crippen LogP contribution in [0.3, 0.4) is 0 Å². The number of nitrogens with one attached hydrogen (secondary N) is 2. The number of benzene rings is 1. The molecule has 0 spiro atoms. The van der Waals surface area contributed by atoms with Crippen molar-refractivity contribution in [2.75, 3.05) is 38.0 Å². The first-order valence-corrected chi connectivity index (χ1v) is 9.86. The zero-order chi connectivity index (χ0) is 21.7. The molecule has 3 rings (SSSR count). The van der Waals surface area contributed by atoms with Gasteiger partial charge in [0.1, 0.15) is 6.54 Å². The summed E-state index contributed by atoms with van der Waals surface area (Å²) >= 11 is 0. The van der Waals surface area contributed by atoms with E-state index in [4.69, 9.17) is 0 Å². The largest absolute Gasteiger partial charge is 0.435 e. The van der Waals surface area contributed by atoms with Gasteiger partial charge in [-0.15, -0.1) is 0 Å². The number of para-hydroxylation sites is 1. The van der Waals surface area contributed by atoms with Crippen LogP contribution in [0.25, 0.3) is 0 Å². The Balaban J connectivity index is 1.45. The zero-order valence-corrected chi connectivity index (χ0v) is 16.7. The van der Waals surface area contributed by atoms with Gasteiger partial charge in [-0.05, 0) is 24.1 Å². The Kier molecular flexibility index (Phi) is 6.76. The monoisotopic (exact) mass is 424 g/mol. The average molecular weight is 424 g/mol. The number of aromatic nitrogens is 2. The van der Waals surface area contributed by atoms with Crippen LogP contribution < -0.4 is 10.2 Å². The number of rotatable bonds is 6. The highest BCUT2D eigenvalue weighted by Gasteiger charge is 2.34. The van der Waals surface area contributed by atoms with Gasteiger partial charge >= 0.3 is 6.18 Å². The molecule has 30 heavy (non-hydrogen) atoms. The summed E-state index contributed by atoms with van der Waals surface area (Å²) in [5.41, 5.74) is 0.874. The minimum absolute atomic E-state index is 0.0816. The van der Waals surface area contributed by atoms with Crippen LogP contribution in [-0.2, 0) is 28.7 Å². The molecule has 1 aliphatic rings. The predicted molar refractivity (Wildman–Crippen MR) is 104 cm³/mol. The molecule has 0 unspecified atom stereocenters. The predicted octanol–water partition coefficient (Wildman–Crippen LogP) is 0.830. The topological polar surface area (TPSA) is 71.7 Å². The summed E-state index contributed by atoms with van der Waals surface area (Å²) in [6.45, 7) is 4.18. The van der Waals surface area contributed by atoms with Crippen molar-refractivity contribution in [1.82, 2.24) is 14.7 Å². The van der Waals surface area contributed by atoms with Gasteiger partial charge < -0.3 is 15.1 Å². The van der Waals surface area contributed by atoms with Crippen LogP contribution in [0.5, 0.6) is 0 Å². The van der Waals surface area contributed by atoms with E-state index >= 15 is 0 Å². The molecule has 1 saturated heterocycles. The molecule has 1 aromatic carbocycles. The Morgan fingerprint density at radius 1 is 1.17 bits per heavy atom. The highest BCUT2D eigenvalue weighted by atomic mass is 19.4. The fraction of sp³-hybridized carbons (Fsp3) is 0.450. The minimum atomic E-state index is -4.53. The van der Waals surface area contributed by atoms with Crippen LogP contribution in [0.15, 0.2) is 36.5 Å². The molecule has 2 N–H and O–H groups in total. The second kappa shape index (κ2) is 9.29. The molecule has 2 amide bonds. The Bertz CT molecular complexity index is 889. The highest BCUT2D eigenvalue weighted by molar-refractivity contribution is 5.92. The highest BCUT2D eigenvalue weighted by Crippen LogP contribution is 2.27. The van der Waals surface area contributed by atoms with Crippen molar-refractivity contribution >= 4 is 17.5 Å². The molecule has 1 fully saturated rings. The second-order valence-corrected chi connectivity index (χ2v) is 7.26. The van der Waals surface area contributed by atoms with E-state index in [2.05, 4.69) is 10.4 Å². The summed E-state index contributed by atoms with van der Waals surface area (Å²) < 4.78 is 38.8. The SMILES string of the molecule is CCc1ccccc1NC(=O)C[NH+]1CCN(C(=O)Cn2ccc(C(F)(F)F)n2)CC1. The van der Waals surface area contributed by atoms with Gasteiger partial charge in [0.2, 0.25) is 5.91 Å². The van der Waals surface area contributed by atoms with E-state index in [-0.39, 0.29) is 18.4 Å². The van der Waals surface area contributed by atoms with Gasteiger partial charge in [-0.3, -0.25) is 14.3 Å². The number of aryl methyl sites for hydroxylation is 1. The molecule has 0 bridgehead atoms. The number of halogens is 3. The number of amides is 2. The van der Waals surface area contributed by atoms with Gasteiger partial charge in [-0.25, -0.2) is 0 Å². The average Bonchev–Trinajstić information content (AvgIpc) is 3.18. The normalized spacial score (nSPS) is 15.3. The number of nitrogens with zero attached hydrogens (tertiary/aromatic N) is 3. The first kappa shape index (κ1) is 21.8. The molecule has 7 nitrogen and oxygen atoms in total. The number of quaternary nitrogens is 1. The van der Waals surface area contributed by atoms with Crippen LogP contribution in [0.4, 0.5) is 18.9 Å². The van der Waals surface area contributed by atoms with Crippen molar-refractivity contribution < 1.29 is 27.7 Å². The smallest absolute Gasteiger partial charge is 0.330 e. The fourth-order valence-electron chi connectivity index (χ4n) is 3.46. The van der Waals surface area contributed by atoms with Gasteiger partial charge in [-0.2, -0.15) is 18.3 Å². The summed E-state index contributed by atoms with van der Waals surface area (Å²) in [7, 11) is 0. The van der Waals surface area contributed by atoms with E-state index in [1.165, 1.54) is 0 Å². The lowest BCUT2D eigenvalue weighted by molar-refractivity contribution is -0.895. The third-order valence-electron chi connectivity index (χ3n) is 5.13. The summed E-state index contributed by atoms with van der Waals surface area (Å²) in [5, 5.41) is 6.36. The quantitative estimate of drug-likeness (QED) is 0.722. The molecule has 0 saturated carbocycles. The van der Waals surface area contributed by atoms with Gasteiger partial charge in [0.15, 0.2) is 12.2 Å². The van der Waals surface area contributed by atoms with Crippen LogP contribution in [0, 0.1) is 0 Å². The van der Waals surface area contributed by atoms with Crippen molar-refractivity contribution in [3.05, 3.63) is 47.8 Å². The van der Waals surface area contributed by atoms with Crippen molar-refractivity contribution in [2.45, 2.75) is 26.1 Å². The number of alkyl halides is 3. The zero-order valence-electron chi connectivity index (χ0n) is 16.7. The summed E-state index contributed by atoms with van der Waals surface area (Å²) in [6, 6.07) is 8.52. The maximum atomic E-state index is 12.6. The first-order chi connectivity index (χ1) is 14.3. The lowest BCUT2D eigenvalue weighted by Gasteiger charge is -2.32. The van der Waals surface area contributed by atoms with Crippen LogP contribution in [0.2, 0.25) is 0 Å². The standard InChI is InChI=1S/C20H24F3N5O2/c1-2-15-5-3-4-6-16(15)24-18(29)13-26-9-11-27(12-10-26)19(30)14-28-8-7-17(25-28)20(21,22)23/h3-8H,2,9-14H2,1H3,(H,24,29)/p+1. The molecule has 2 aromatic rings. The molecule has 0 atom stereocenters. The van der Waals surface area contributed by atoms with Crippen molar-refractivity contribution in [2.24, 2.45) is 0 Å². The Hall–Kier alpha value is -2.88.